The lowest BCUT2D eigenvalue weighted by molar-refractivity contribution is -0.132. The maximum Gasteiger partial charge on any atom is 0.352 e. The fraction of sp³-hybridized carbons (Fsp3) is 0.700. The van der Waals surface area contributed by atoms with Crippen molar-refractivity contribution < 1.29 is 23.1 Å². The molecule has 0 radical (unpaired) electrons. The molecule has 0 aromatic rings. The van der Waals surface area contributed by atoms with E-state index in [1.165, 1.54) is 0 Å². The Morgan fingerprint density at radius 1 is 1.44 bits per heavy atom. The third kappa shape index (κ3) is 3.52. The SMILES string of the molecule is CC(C)S(=O)(=O)CCN1N=C(C(=O)O)CCC1=O. The zero-order chi connectivity index (χ0) is 13.9. The third-order valence-corrected chi connectivity index (χ3v) is 4.85. The largest absolute Gasteiger partial charge is 0.477 e. The predicted molar refractivity (Wildman–Crippen MR) is 64.9 cm³/mol. The van der Waals surface area contributed by atoms with Gasteiger partial charge in [-0.2, -0.15) is 5.10 Å². The van der Waals surface area contributed by atoms with Crippen LogP contribution < -0.4 is 0 Å². The summed E-state index contributed by atoms with van der Waals surface area (Å²) in [7, 11) is -3.27. The zero-order valence-corrected chi connectivity index (χ0v) is 11.1. The highest BCUT2D eigenvalue weighted by molar-refractivity contribution is 7.92. The van der Waals surface area contributed by atoms with E-state index in [0.29, 0.717) is 0 Å². The predicted octanol–water partition coefficient (Wildman–Crippen LogP) is -0.127. The smallest absolute Gasteiger partial charge is 0.352 e. The number of carboxylic acid groups (broad SMARTS) is 1. The number of nitrogens with zero attached hydrogens (tertiary/aromatic N) is 2. The average molecular weight is 276 g/mol. The first-order chi connectivity index (χ1) is 8.24. The van der Waals surface area contributed by atoms with E-state index < -0.39 is 21.1 Å². The number of hydrazone groups is 1. The summed E-state index contributed by atoms with van der Waals surface area (Å²) >= 11 is 0. The summed E-state index contributed by atoms with van der Waals surface area (Å²) < 4.78 is 23.2. The molecule has 1 aliphatic heterocycles. The molecule has 1 amide bonds. The minimum absolute atomic E-state index is 0.0485. The fourth-order valence-electron chi connectivity index (χ4n) is 1.38. The van der Waals surface area contributed by atoms with Crippen LogP contribution in [0.15, 0.2) is 5.10 Å². The van der Waals surface area contributed by atoms with Crippen LogP contribution in [0.25, 0.3) is 0 Å². The first-order valence-electron chi connectivity index (χ1n) is 5.56. The molecule has 0 aliphatic carbocycles. The van der Waals surface area contributed by atoms with Crippen LogP contribution in [-0.2, 0) is 19.4 Å². The van der Waals surface area contributed by atoms with Gasteiger partial charge in [-0.15, -0.1) is 0 Å². The number of sulfone groups is 1. The van der Waals surface area contributed by atoms with Gasteiger partial charge in [0.25, 0.3) is 0 Å². The van der Waals surface area contributed by atoms with Gasteiger partial charge in [0.05, 0.1) is 17.5 Å². The Bertz CT molecular complexity index is 480. The fourth-order valence-corrected chi connectivity index (χ4v) is 2.28. The number of carboxylic acids is 1. The number of hydrogen-bond acceptors (Lipinski definition) is 5. The summed E-state index contributed by atoms with van der Waals surface area (Å²) in [6.45, 7) is 3.01. The number of amides is 1. The van der Waals surface area contributed by atoms with E-state index in [-0.39, 0.29) is 36.8 Å². The van der Waals surface area contributed by atoms with Crippen LogP contribution in [0.5, 0.6) is 0 Å². The summed E-state index contributed by atoms with van der Waals surface area (Å²) in [5, 5.41) is 12.8. The van der Waals surface area contributed by atoms with E-state index in [4.69, 9.17) is 5.11 Å². The molecule has 1 N–H and O–H groups in total. The third-order valence-electron chi connectivity index (χ3n) is 2.66. The lowest BCUT2D eigenvalue weighted by Crippen LogP contribution is -2.37. The van der Waals surface area contributed by atoms with E-state index >= 15 is 0 Å². The van der Waals surface area contributed by atoms with Crippen LogP contribution >= 0.6 is 0 Å². The van der Waals surface area contributed by atoms with E-state index in [0.717, 1.165) is 5.01 Å². The van der Waals surface area contributed by atoms with Crippen molar-refractivity contribution in [1.29, 1.82) is 0 Å². The van der Waals surface area contributed by atoms with E-state index in [9.17, 15) is 18.0 Å². The summed E-state index contributed by atoms with van der Waals surface area (Å²) in [5.74, 6) is -1.74. The lowest BCUT2D eigenvalue weighted by atomic mass is 10.2. The maximum atomic E-state index is 11.6. The highest BCUT2D eigenvalue weighted by Crippen LogP contribution is 2.10. The highest BCUT2D eigenvalue weighted by Gasteiger charge is 2.26. The molecule has 8 heteroatoms. The zero-order valence-electron chi connectivity index (χ0n) is 10.3. The second kappa shape index (κ2) is 5.47. The molecular weight excluding hydrogens is 260 g/mol. The molecule has 1 heterocycles. The van der Waals surface area contributed by atoms with Crippen LogP contribution in [0.2, 0.25) is 0 Å². The molecule has 102 valence electrons. The Hall–Kier alpha value is -1.44. The number of rotatable bonds is 5. The molecule has 0 aromatic heterocycles. The molecule has 0 saturated heterocycles. The van der Waals surface area contributed by atoms with Crippen LogP contribution in [0.3, 0.4) is 0 Å². The first-order valence-corrected chi connectivity index (χ1v) is 7.28. The Morgan fingerprint density at radius 3 is 2.56 bits per heavy atom. The normalized spacial score (nSPS) is 16.9. The molecule has 7 nitrogen and oxygen atoms in total. The Balaban J connectivity index is 2.74. The van der Waals surface area contributed by atoms with Gasteiger partial charge in [0.2, 0.25) is 5.91 Å². The molecular formula is C10H16N2O5S. The highest BCUT2D eigenvalue weighted by atomic mass is 32.2. The number of carbonyl (C=O) groups excluding carboxylic acids is 1. The van der Waals surface area contributed by atoms with Gasteiger partial charge >= 0.3 is 5.97 Å². The van der Waals surface area contributed by atoms with Gasteiger partial charge in [-0.3, -0.25) is 4.79 Å². The summed E-state index contributed by atoms with van der Waals surface area (Å²) in [6.07, 6.45) is 0.133. The van der Waals surface area contributed by atoms with Crippen molar-refractivity contribution in [3.05, 3.63) is 0 Å². The molecule has 0 spiro atoms. The molecule has 0 aromatic carbocycles. The second-order valence-electron chi connectivity index (χ2n) is 4.28. The van der Waals surface area contributed by atoms with Crippen molar-refractivity contribution in [2.75, 3.05) is 12.3 Å². The minimum atomic E-state index is -3.27. The molecule has 0 atom stereocenters. The van der Waals surface area contributed by atoms with Gasteiger partial charge in [-0.25, -0.2) is 18.2 Å². The van der Waals surface area contributed by atoms with Crippen LogP contribution in [-0.4, -0.2) is 53.7 Å². The molecule has 0 unspecified atom stereocenters. The molecule has 0 bridgehead atoms. The van der Waals surface area contributed by atoms with Gasteiger partial charge in [-0.1, -0.05) is 0 Å². The van der Waals surface area contributed by atoms with Gasteiger partial charge in [0.15, 0.2) is 9.84 Å². The van der Waals surface area contributed by atoms with Crippen molar-refractivity contribution in [3.63, 3.8) is 0 Å². The van der Waals surface area contributed by atoms with Crippen molar-refractivity contribution in [3.8, 4) is 0 Å². The van der Waals surface area contributed by atoms with E-state index in [1.807, 2.05) is 0 Å². The topological polar surface area (TPSA) is 104 Å². The maximum absolute atomic E-state index is 11.6. The number of hydrogen-bond donors (Lipinski definition) is 1. The number of carbonyl (C=O) groups is 2. The molecule has 18 heavy (non-hydrogen) atoms. The molecule has 0 saturated carbocycles. The second-order valence-corrected chi connectivity index (χ2v) is 6.96. The summed E-state index contributed by atoms with van der Waals surface area (Å²) in [6, 6.07) is 0. The van der Waals surface area contributed by atoms with Gasteiger partial charge in [0.1, 0.15) is 5.71 Å². The van der Waals surface area contributed by atoms with Crippen LogP contribution in [0.4, 0.5) is 0 Å². The van der Waals surface area contributed by atoms with E-state index in [1.54, 1.807) is 13.8 Å². The Morgan fingerprint density at radius 2 is 2.06 bits per heavy atom. The summed E-state index contributed by atoms with van der Waals surface area (Å²) in [5.41, 5.74) is -0.114. The van der Waals surface area contributed by atoms with Crippen molar-refractivity contribution in [2.45, 2.75) is 31.9 Å². The standard InChI is InChI=1S/C10H16N2O5S/c1-7(2)18(16,17)6-5-12-9(13)4-3-8(11-12)10(14)15/h7H,3-6H2,1-2H3,(H,14,15). The quantitative estimate of drug-likeness (QED) is 0.753. The van der Waals surface area contributed by atoms with Crippen molar-refractivity contribution >= 4 is 27.4 Å². The molecule has 1 rings (SSSR count). The molecule has 0 fully saturated rings. The lowest BCUT2D eigenvalue weighted by Gasteiger charge is -2.22. The van der Waals surface area contributed by atoms with Gasteiger partial charge < -0.3 is 5.11 Å². The van der Waals surface area contributed by atoms with Crippen molar-refractivity contribution in [2.24, 2.45) is 5.10 Å². The van der Waals surface area contributed by atoms with Crippen molar-refractivity contribution in [1.82, 2.24) is 5.01 Å². The Kier molecular flexibility index (Phi) is 4.44. The average Bonchev–Trinajstić information content (AvgIpc) is 2.27. The minimum Gasteiger partial charge on any atom is -0.477 e. The van der Waals surface area contributed by atoms with E-state index in [2.05, 4.69) is 5.10 Å². The Labute approximate surface area is 105 Å². The summed E-state index contributed by atoms with van der Waals surface area (Å²) in [4.78, 5) is 22.2. The van der Waals surface area contributed by atoms with Crippen LogP contribution in [0, 0.1) is 0 Å². The number of aliphatic carboxylic acids is 1. The first kappa shape index (κ1) is 14.6. The molecule has 1 aliphatic rings. The monoisotopic (exact) mass is 276 g/mol. The van der Waals surface area contributed by atoms with Gasteiger partial charge in [0, 0.05) is 12.8 Å². The van der Waals surface area contributed by atoms with Gasteiger partial charge in [-0.05, 0) is 13.8 Å². The van der Waals surface area contributed by atoms with Crippen LogP contribution in [0.1, 0.15) is 26.7 Å².